The van der Waals surface area contributed by atoms with Crippen LogP contribution in [0.5, 0.6) is 5.75 Å². The van der Waals surface area contributed by atoms with Crippen LogP contribution in [-0.4, -0.2) is 39.7 Å². The van der Waals surface area contributed by atoms with E-state index in [2.05, 4.69) is 25.5 Å². The second-order valence-corrected chi connectivity index (χ2v) is 4.70. The number of hydrogen-bond donors (Lipinski definition) is 2. The molecule has 2 heterocycles. The molecule has 0 saturated carbocycles. The van der Waals surface area contributed by atoms with Crippen LogP contribution in [0.1, 0.15) is 16.2 Å². The van der Waals surface area contributed by atoms with Crippen molar-refractivity contribution in [3.8, 4) is 5.75 Å². The van der Waals surface area contributed by atoms with E-state index >= 15 is 0 Å². The number of benzene rings is 1. The zero-order valence-corrected chi connectivity index (χ0v) is 12.0. The monoisotopic (exact) mass is 297 g/mol. The Kier molecular flexibility index (Phi) is 3.95. The molecule has 7 nitrogen and oxygen atoms in total. The van der Waals surface area contributed by atoms with Crippen LogP contribution in [0.4, 0.5) is 0 Å². The number of rotatable bonds is 5. The summed E-state index contributed by atoms with van der Waals surface area (Å²) in [6.07, 6.45) is 3.53. The average molecular weight is 297 g/mol. The summed E-state index contributed by atoms with van der Waals surface area (Å²) in [6.45, 7) is 0.484. The lowest BCUT2D eigenvalue weighted by Crippen LogP contribution is -2.26. The second kappa shape index (κ2) is 6.21. The number of methoxy groups -OCH3 is 1. The fourth-order valence-corrected chi connectivity index (χ4v) is 2.11. The van der Waals surface area contributed by atoms with E-state index in [0.29, 0.717) is 18.5 Å². The van der Waals surface area contributed by atoms with Gasteiger partial charge in [0, 0.05) is 19.0 Å². The van der Waals surface area contributed by atoms with Crippen molar-refractivity contribution < 1.29 is 9.53 Å². The van der Waals surface area contributed by atoms with Crippen molar-refractivity contribution in [1.82, 2.24) is 25.5 Å². The van der Waals surface area contributed by atoms with E-state index in [1.165, 1.54) is 12.4 Å². The van der Waals surface area contributed by atoms with Gasteiger partial charge >= 0.3 is 0 Å². The minimum atomic E-state index is -0.173. The molecule has 7 heteroatoms. The lowest BCUT2D eigenvalue weighted by atomic mass is 10.3. The molecule has 0 spiro atoms. The first-order valence-electron chi connectivity index (χ1n) is 6.84. The highest BCUT2D eigenvalue weighted by Crippen LogP contribution is 2.18. The lowest BCUT2D eigenvalue weighted by molar-refractivity contribution is 0.0953. The van der Waals surface area contributed by atoms with Crippen LogP contribution in [-0.2, 0) is 6.42 Å². The molecule has 3 rings (SSSR count). The van der Waals surface area contributed by atoms with Crippen molar-refractivity contribution in [2.24, 2.45) is 0 Å². The molecule has 112 valence electrons. The molecule has 0 unspecified atom stereocenters. The average Bonchev–Trinajstić information content (AvgIpc) is 2.97. The molecule has 2 aromatic heterocycles. The van der Waals surface area contributed by atoms with Gasteiger partial charge in [-0.2, -0.15) is 10.2 Å². The number of aromatic nitrogens is 4. The smallest absolute Gasteiger partial charge is 0.252 e. The largest absolute Gasteiger partial charge is 0.497 e. The Hall–Kier alpha value is -2.96. The van der Waals surface area contributed by atoms with Crippen LogP contribution < -0.4 is 10.1 Å². The van der Waals surface area contributed by atoms with Crippen molar-refractivity contribution in [1.29, 1.82) is 0 Å². The molecule has 0 aliphatic heterocycles. The van der Waals surface area contributed by atoms with Crippen LogP contribution >= 0.6 is 0 Å². The third-order valence-electron chi connectivity index (χ3n) is 3.23. The van der Waals surface area contributed by atoms with Crippen LogP contribution in [0.3, 0.4) is 0 Å². The standard InChI is InChI=1S/C15H15N5O2/c1-22-11-2-3-12-13(8-11)20-14(19-12)5-6-16-15(21)10-4-7-17-18-9-10/h2-4,7-9H,5-6H2,1H3,(H,16,21)(H,19,20). The van der Waals surface area contributed by atoms with Crippen LogP contribution in [0.15, 0.2) is 36.7 Å². The van der Waals surface area contributed by atoms with Gasteiger partial charge in [-0.25, -0.2) is 4.98 Å². The summed E-state index contributed by atoms with van der Waals surface area (Å²) >= 11 is 0. The number of amides is 1. The number of imidazole rings is 1. The highest BCUT2D eigenvalue weighted by atomic mass is 16.5. The third kappa shape index (κ3) is 3.03. The quantitative estimate of drug-likeness (QED) is 0.741. The molecular weight excluding hydrogens is 282 g/mol. The number of hydrogen-bond acceptors (Lipinski definition) is 5. The molecule has 3 aromatic rings. The SMILES string of the molecule is COc1ccc2nc(CCNC(=O)c3ccnnc3)[nH]c2c1. The fraction of sp³-hybridized carbons (Fsp3) is 0.200. The molecule has 0 aliphatic carbocycles. The van der Waals surface area contributed by atoms with Gasteiger partial charge in [-0.1, -0.05) is 0 Å². The Balaban J connectivity index is 1.61. The number of nitrogens with zero attached hydrogens (tertiary/aromatic N) is 3. The van der Waals surface area contributed by atoms with Crippen molar-refractivity contribution >= 4 is 16.9 Å². The van der Waals surface area contributed by atoms with Crippen molar-refractivity contribution in [2.45, 2.75) is 6.42 Å². The predicted octanol–water partition coefficient (Wildman–Crippen LogP) is 1.33. The molecule has 0 radical (unpaired) electrons. The number of fused-ring (bicyclic) bond motifs is 1. The van der Waals surface area contributed by atoms with E-state index in [1.807, 2.05) is 18.2 Å². The Morgan fingerprint density at radius 1 is 1.32 bits per heavy atom. The number of carbonyl (C=O) groups is 1. The molecule has 0 atom stereocenters. The molecule has 1 amide bonds. The van der Waals surface area contributed by atoms with E-state index in [-0.39, 0.29) is 5.91 Å². The minimum Gasteiger partial charge on any atom is -0.497 e. The normalized spacial score (nSPS) is 10.6. The third-order valence-corrected chi connectivity index (χ3v) is 3.23. The highest BCUT2D eigenvalue weighted by Gasteiger charge is 2.07. The maximum absolute atomic E-state index is 11.9. The van der Waals surface area contributed by atoms with Gasteiger partial charge in [0.2, 0.25) is 0 Å². The summed E-state index contributed by atoms with van der Waals surface area (Å²) < 4.78 is 5.18. The Morgan fingerprint density at radius 2 is 2.23 bits per heavy atom. The van der Waals surface area contributed by atoms with Crippen LogP contribution in [0, 0.1) is 0 Å². The first-order chi connectivity index (χ1) is 10.8. The maximum atomic E-state index is 11.9. The minimum absolute atomic E-state index is 0.173. The summed E-state index contributed by atoms with van der Waals surface area (Å²) in [5.41, 5.74) is 2.28. The topological polar surface area (TPSA) is 92.8 Å². The van der Waals surface area contributed by atoms with Gasteiger partial charge in [-0.05, 0) is 18.2 Å². The van der Waals surface area contributed by atoms with Gasteiger partial charge in [-0.15, -0.1) is 0 Å². The molecule has 0 saturated heterocycles. The van der Waals surface area contributed by atoms with Gasteiger partial charge in [0.05, 0.1) is 36.1 Å². The first-order valence-corrected chi connectivity index (χ1v) is 6.84. The van der Waals surface area contributed by atoms with Crippen molar-refractivity contribution in [2.75, 3.05) is 13.7 Å². The first kappa shape index (κ1) is 14.0. The van der Waals surface area contributed by atoms with Crippen LogP contribution in [0.2, 0.25) is 0 Å². The zero-order chi connectivity index (χ0) is 15.4. The Bertz CT molecular complexity index is 785. The molecule has 22 heavy (non-hydrogen) atoms. The zero-order valence-electron chi connectivity index (χ0n) is 12.0. The van der Waals surface area contributed by atoms with Crippen molar-refractivity contribution in [3.05, 3.63) is 48.0 Å². The van der Waals surface area contributed by atoms with Gasteiger partial charge in [0.15, 0.2) is 0 Å². The molecule has 2 N–H and O–H groups in total. The highest BCUT2D eigenvalue weighted by molar-refractivity contribution is 5.93. The number of aromatic amines is 1. The summed E-state index contributed by atoms with van der Waals surface area (Å²) in [5.74, 6) is 1.42. The van der Waals surface area contributed by atoms with Gasteiger partial charge in [-0.3, -0.25) is 4.79 Å². The van der Waals surface area contributed by atoms with E-state index in [9.17, 15) is 4.79 Å². The van der Waals surface area contributed by atoms with Crippen LogP contribution in [0.25, 0.3) is 11.0 Å². The predicted molar refractivity (Wildman–Crippen MR) is 80.7 cm³/mol. The Labute approximate surface area is 126 Å². The summed E-state index contributed by atoms with van der Waals surface area (Å²) in [5, 5.41) is 10.1. The number of H-pyrrole nitrogens is 1. The summed E-state index contributed by atoms with van der Waals surface area (Å²) in [4.78, 5) is 19.6. The fourth-order valence-electron chi connectivity index (χ4n) is 2.11. The Morgan fingerprint density at radius 3 is 3.00 bits per heavy atom. The number of ether oxygens (including phenoxy) is 1. The van der Waals surface area contributed by atoms with Gasteiger partial charge in [0.1, 0.15) is 11.6 Å². The van der Waals surface area contributed by atoms with E-state index in [4.69, 9.17) is 4.74 Å². The second-order valence-electron chi connectivity index (χ2n) is 4.70. The van der Waals surface area contributed by atoms with E-state index in [1.54, 1.807) is 13.2 Å². The lowest BCUT2D eigenvalue weighted by Gasteiger charge is -2.02. The van der Waals surface area contributed by atoms with Crippen molar-refractivity contribution in [3.63, 3.8) is 0 Å². The van der Waals surface area contributed by atoms with Gasteiger partial charge < -0.3 is 15.0 Å². The number of carbonyl (C=O) groups excluding carboxylic acids is 1. The molecule has 0 fully saturated rings. The summed E-state index contributed by atoms with van der Waals surface area (Å²) in [6, 6.07) is 7.28. The van der Waals surface area contributed by atoms with E-state index < -0.39 is 0 Å². The maximum Gasteiger partial charge on any atom is 0.252 e. The van der Waals surface area contributed by atoms with E-state index in [0.717, 1.165) is 22.6 Å². The summed E-state index contributed by atoms with van der Waals surface area (Å²) in [7, 11) is 1.63. The number of nitrogens with one attached hydrogen (secondary N) is 2. The molecular formula is C15H15N5O2. The molecule has 1 aromatic carbocycles. The molecule has 0 bridgehead atoms. The molecule has 0 aliphatic rings. The van der Waals surface area contributed by atoms with Gasteiger partial charge in [0.25, 0.3) is 5.91 Å².